The lowest BCUT2D eigenvalue weighted by Crippen LogP contribution is -2.36. The van der Waals surface area contributed by atoms with E-state index in [-0.39, 0.29) is 11.9 Å². The van der Waals surface area contributed by atoms with Gasteiger partial charge in [0.25, 0.3) is 0 Å². The first-order chi connectivity index (χ1) is 12.0. The summed E-state index contributed by atoms with van der Waals surface area (Å²) >= 11 is 0. The van der Waals surface area contributed by atoms with E-state index in [1.807, 2.05) is 24.3 Å². The van der Waals surface area contributed by atoms with Crippen LogP contribution in [0.4, 0.5) is 4.39 Å². The van der Waals surface area contributed by atoms with Crippen LogP contribution in [0, 0.1) is 11.7 Å². The Hall–Kier alpha value is -2.20. The van der Waals surface area contributed by atoms with E-state index < -0.39 is 5.97 Å². The fraction of sp³-hybridized carbons (Fsp3) is 0.381. The first kappa shape index (κ1) is 17.6. The third kappa shape index (κ3) is 4.26. The zero-order chi connectivity index (χ0) is 17.8. The highest BCUT2D eigenvalue weighted by Crippen LogP contribution is 2.29. The maximum Gasteiger partial charge on any atom is 0.335 e. The quantitative estimate of drug-likeness (QED) is 0.868. The van der Waals surface area contributed by atoms with Crippen molar-refractivity contribution in [2.45, 2.75) is 32.2 Å². The fourth-order valence-corrected chi connectivity index (χ4v) is 3.71. The first-order valence-electron chi connectivity index (χ1n) is 8.85. The number of halogens is 1. The Kier molecular flexibility index (Phi) is 5.49. The first-order valence-corrected chi connectivity index (χ1v) is 8.85. The van der Waals surface area contributed by atoms with Gasteiger partial charge in [-0.3, -0.25) is 4.90 Å². The van der Waals surface area contributed by atoms with Crippen LogP contribution >= 0.6 is 0 Å². The van der Waals surface area contributed by atoms with Gasteiger partial charge in [0.05, 0.1) is 5.56 Å². The van der Waals surface area contributed by atoms with Crippen LogP contribution in [0.2, 0.25) is 0 Å². The highest BCUT2D eigenvalue weighted by atomic mass is 19.1. The maximum absolute atomic E-state index is 13.1. The molecule has 0 aromatic heterocycles. The van der Waals surface area contributed by atoms with Crippen molar-refractivity contribution in [2.24, 2.45) is 5.92 Å². The summed E-state index contributed by atoms with van der Waals surface area (Å²) in [6.45, 7) is 4.13. The average molecular weight is 341 g/mol. The molecule has 1 aliphatic heterocycles. The molecule has 1 N–H and O–H groups in total. The molecule has 0 saturated carbocycles. The average Bonchev–Trinajstić information content (AvgIpc) is 2.63. The molecule has 1 heterocycles. The number of rotatable bonds is 5. The van der Waals surface area contributed by atoms with Crippen LogP contribution < -0.4 is 0 Å². The van der Waals surface area contributed by atoms with E-state index in [0.29, 0.717) is 11.5 Å². The topological polar surface area (TPSA) is 40.5 Å². The van der Waals surface area contributed by atoms with E-state index in [4.69, 9.17) is 0 Å². The number of hydrogen-bond acceptors (Lipinski definition) is 2. The van der Waals surface area contributed by atoms with Crippen molar-refractivity contribution in [1.82, 2.24) is 4.90 Å². The number of carboxylic acid groups (broad SMARTS) is 1. The minimum atomic E-state index is -0.849. The molecule has 4 heteroatoms. The molecule has 3 nitrogen and oxygen atoms in total. The third-order valence-corrected chi connectivity index (χ3v) is 5.31. The molecule has 132 valence electrons. The van der Waals surface area contributed by atoms with Crippen molar-refractivity contribution < 1.29 is 14.3 Å². The molecule has 2 aromatic rings. The van der Waals surface area contributed by atoms with Crippen LogP contribution in [0.25, 0.3) is 0 Å². The van der Waals surface area contributed by atoms with E-state index in [1.165, 1.54) is 12.1 Å². The molecular formula is C21H24FNO2. The number of benzene rings is 2. The molecule has 1 fully saturated rings. The van der Waals surface area contributed by atoms with E-state index >= 15 is 0 Å². The molecule has 1 saturated heterocycles. The van der Waals surface area contributed by atoms with Gasteiger partial charge in [0.15, 0.2) is 0 Å². The van der Waals surface area contributed by atoms with Crippen LogP contribution in [0.5, 0.6) is 0 Å². The molecule has 0 amide bonds. The van der Waals surface area contributed by atoms with Crippen LogP contribution in [0.1, 0.15) is 47.3 Å². The van der Waals surface area contributed by atoms with Crippen LogP contribution in [0.15, 0.2) is 48.5 Å². The number of hydrogen-bond donors (Lipinski definition) is 1. The second-order valence-electron chi connectivity index (χ2n) is 6.87. The summed E-state index contributed by atoms with van der Waals surface area (Å²) in [7, 11) is 0. The summed E-state index contributed by atoms with van der Waals surface area (Å²) in [5, 5.41) is 9.32. The van der Waals surface area contributed by atoms with Crippen LogP contribution in [-0.4, -0.2) is 29.1 Å². The molecule has 0 bridgehead atoms. The van der Waals surface area contributed by atoms with Gasteiger partial charge in [0, 0.05) is 6.04 Å². The second kappa shape index (κ2) is 7.79. The van der Waals surface area contributed by atoms with E-state index in [1.54, 1.807) is 12.1 Å². The summed E-state index contributed by atoms with van der Waals surface area (Å²) in [6, 6.07) is 14.3. The highest BCUT2D eigenvalue weighted by molar-refractivity contribution is 5.89. The molecule has 25 heavy (non-hydrogen) atoms. The standard InChI is InChI=1S/C21H24FNO2/c1-15(17-6-8-19(22)9-7-17)23-12-10-16(11-13-23)14-18-4-2-3-5-20(18)21(24)25/h2-9,15-16H,10-14H2,1H3,(H,24,25). The lowest BCUT2D eigenvalue weighted by atomic mass is 9.87. The molecule has 3 rings (SSSR count). The molecule has 1 atom stereocenters. The molecule has 0 radical (unpaired) electrons. The molecule has 1 unspecified atom stereocenters. The van der Waals surface area contributed by atoms with Gasteiger partial charge in [-0.25, -0.2) is 9.18 Å². The van der Waals surface area contributed by atoms with Gasteiger partial charge in [0.1, 0.15) is 5.82 Å². The Morgan fingerprint density at radius 2 is 1.80 bits per heavy atom. The van der Waals surface area contributed by atoms with Crippen LogP contribution in [0.3, 0.4) is 0 Å². The van der Waals surface area contributed by atoms with Gasteiger partial charge in [0.2, 0.25) is 0 Å². The number of nitrogens with zero attached hydrogens (tertiary/aromatic N) is 1. The number of likely N-dealkylation sites (tertiary alicyclic amines) is 1. The Morgan fingerprint density at radius 1 is 1.16 bits per heavy atom. The van der Waals surface area contributed by atoms with E-state index in [2.05, 4.69) is 11.8 Å². The summed E-state index contributed by atoms with van der Waals surface area (Å²) in [6.07, 6.45) is 2.93. The highest BCUT2D eigenvalue weighted by Gasteiger charge is 2.24. The van der Waals surface area contributed by atoms with Gasteiger partial charge < -0.3 is 5.11 Å². The molecule has 2 aromatic carbocycles. The molecule has 1 aliphatic rings. The monoisotopic (exact) mass is 341 g/mol. The minimum absolute atomic E-state index is 0.202. The lowest BCUT2D eigenvalue weighted by Gasteiger charge is -2.36. The van der Waals surface area contributed by atoms with Crippen molar-refractivity contribution in [3.63, 3.8) is 0 Å². The molecule has 0 spiro atoms. The van der Waals surface area contributed by atoms with Crippen molar-refractivity contribution in [3.05, 3.63) is 71.0 Å². The number of aromatic carboxylic acids is 1. The Morgan fingerprint density at radius 3 is 2.44 bits per heavy atom. The minimum Gasteiger partial charge on any atom is -0.478 e. The van der Waals surface area contributed by atoms with E-state index in [9.17, 15) is 14.3 Å². The summed E-state index contributed by atoms with van der Waals surface area (Å²) < 4.78 is 13.1. The number of carbonyl (C=O) groups is 1. The van der Waals surface area contributed by atoms with Gasteiger partial charge >= 0.3 is 5.97 Å². The largest absolute Gasteiger partial charge is 0.478 e. The van der Waals surface area contributed by atoms with E-state index in [0.717, 1.165) is 43.5 Å². The predicted octanol–water partition coefficient (Wildman–Crippen LogP) is 4.54. The van der Waals surface area contributed by atoms with Gasteiger partial charge in [-0.15, -0.1) is 0 Å². The smallest absolute Gasteiger partial charge is 0.335 e. The number of carboxylic acids is 1. The fourth-order valence-electron chi connectivity index (χ4n) is 3.71. The van der Waals surface area contributed by atoms with Crippen molar-refractivity contribution in [3.8, 4) is 0 Å². The zero-order valence-electron chi connectivity index (χ0n) is 14.5. The zero-order valence-corrected chi connectivity index (χ0v) is 14.5. The summed E-state index contributed by atoms with van der Waals surface area (Å²) in [5.41, 5.74) is 2.49. The summed E-state index contributed by atoms with van der Waals surface area (Å²) in [4.78, 5) is 13.8. The molecular weight excluding hydrogens is 317 g/mol. The van der Waals surface area contributed by atoms with Crippen molar-refractivity contribution in [1.29, 1.82) is 0 Å². The van der Waals surface area contributed by atoms with Gasteiger partial charge in [-0.2, -0.15) is 0 Å². The Labute approximate surface area is 148 Å². The normalized spacial score (nSPS) is 17.4. The SMILES string of the molecule is CC(c1ccc(F)cc1)N1CCC(Cc2ccccc2C(=O)O)CC1. The Balaban J connectivity index is 1.59. The van der Waals surface area contributed by atoms with Crippen LogP contribution in [-0.2, 0) is 6.42 Å². The van der Waals surface area contributed by atoms with Crippen molar-refractivity contribution >= 4 is 5.97 Å². The van der Waals surface area contributed by atoms with Gasteiger partial charge in [-0.05, 0) is 74.5 Å². The third-order valence-electron chi connectivity index (χ3n) is 5.31. The lowest BCUT2D eigenvalue weighted by molar-refractivity contribution is 0.0695. The summed E-state index contributed by atoms with van der Waals surface area (Å²) in [5.74, 6) is -0.540. The number of piperidine rings is 1. The predicted molar refractivity (Wildman–Crippen MR) is 96.2 cm³/mol. The maximum atomic E-state index is 13.1. The van der Waals surface area contributed by atoms with Crippen molar-refractivity contribution in [2.75, 3.05) is 13.1 Å². The Bertz CT molecular complexity index is 721. The van der Waals surface area contributed by atoms with Gasteiger partial charge in [-0.1, -0.05) is 30.3 Å². The molecule has 0 aliphatic carbocycles. The second-order valence-corrected chi connectivity index (χ2v) is 6.87.